The van der Waals surface area contributed by atoms with Gasteiger partial charge in [-0.25, -0.2) is 0 Å². The van der Waals surface area contributed by atoms with Gasteiger partial charge in [0, 0.05) is 10.7 Å². The lowest BCUT2D eigenvalue weighted by atomic mass is 10.2. The molecule has 1 unspecified atom stereocenters. The number of aryl methyl sites for hydroxylation is 1. The maximum atomic E-state index is 12.3. The Balaban J connectivity index is 2.28. The second kappa shape index (κ2) is 5.95. The van der Waals surface area contributed by atoms with Crippen molar-refractivity contribution in [2.24, 2.45) is 0 Å². The van der Waals surface area contributed by atoms with Gasteiger partial charge in [-0.05, 0) is 42.3 Å². The van der Waals surface area contributed by atoms with E-state index in [0.717, 1.165) is 11.1 Å². The van der Waals surface area contributed by atoms with Gasteiger partial charge in [0.2, 0.25) is 0 Å². The van der Waals surface area contributed by atoms with Crippen molar-refractivity contribution >= 4 is 39.7 Å². The topological polar surface area (TPSA) is 43.1 Å². The number of halogens is 2. The normalized spacial score (nSPS) is 12.4. The van der Waals surface area contributed by atoms with E-state index < -0.39 is 10.8 Å². The molecule has 19 heavy (non-hydrogen) atoms. The Hall–Kier alpha value is -1.03. The Kier molecular flexibility index (Phi) is 4.50. The number of nitrogens with two attached hydrogens (primary N) is 1. The van der Waals surface area contributed by atoms with Crippen LogP contribution in [-0.2, 0) is 16.6 Å². The van der Waals surface area contributed by atoms with Gasteiger partial charge in [-0.15, -0.1) is 0 Å². The summed E-state index contributed by atoms with van der Waals surface area (Å²) in [7, 11) is -1.27. The Morgan fingerprint density at radius 3 is 2.53 bits per heavy atom. The zero-order valence-corrected chi connectivity index (χ0v) is 12.6. The number of rotatable bonds is 3. The Labute approximate surface area is 125 Å². The zero-order chi connectivity index (χ0) is 14.0. The van der Waals surface area contributed by atoms with Crippen LogP contribution < -0.4 is 5.73 Å². The predicted molar refractivity (Wildman–Crippen MR) is 82.2 cm³/mol. The van der Waals surface area contributed by atoms with Crippen LogP contribution in [0.1, 0.15) is 11.1 Å². The van der Waals surface area contributed by atoms with Crippen LogP contribution in [0.4, 0.5) is 5.69 Å². The van der Waals surface area contributed by atoms with Gasteiger partial charge in [0.1, 0.15) is 0 Å². The van der Waals surface area contributed by atoms with E-state index in [4.69, 9.17) is 28.9 Å². The highest BCUT2D eigenvalue weighted by atomic mass is 35.5. The summed E-state index contributed by atoms with van der Waals surface area (Å²) in [6, 6.07) is 10.7. The third-order valence-corrected chi connectivity index (χ3v) is 4.89. The van der Waals surface area contributed by atoms with Crippen molar-refractivity contribution in [2.45, 2.75) is 17.6 Å². The molecule has 0 fully saturated rings. The van der Waals surface area contributed by atoms with Gasteiger partial charge in [0.25, 0.3) is 0 Å². The van der Waals surface area contributed by atoms with Crippen LogP contribution in [0.25, 0.3) is 0 Å². The molecule has 0 saturated carbocycles. The molecule has 0 radical (unpaired) electrons. The Morgan fingerprint density at radius 2 is 1.84 bits per heavy atom. The minimum atomic E-state index is -1.27. The second-order valence-electron chi connectivity index (χ2n) is 4.27. The monoisotopic (exact) mass is 313 g/mol. The van der Waals surface area contributed by atoms with Crippen LogP contribution in [0.15, 0.2) is 41.3 Å². The van der Waals surface area contributed by atoms with E-state index in [2.05, 4.69) is 0 Å². The molecule has 1 atom stereocenters. The van der Waals surface area contributed by atoms with E-state index >= 15 is 0 Å². The highest BCUT2D eigenvalue weighted by Gasteiger charge is 2.12. The van der Waals surface area contributed by atoms with Gasteiger partial charge in [0.05, 0.1) is 26.5 Å². The third kappa shape index (κ3) is 3.50. The molecular weight excluding hydrogens is 301 g/mol. The Bertz CT molecular complexity index is 643. The summed E-state index contributed by atoms with van der Waals surface area (Å²) >= 11 is 12.2. The summed E-state index contributed by atoms with van der Waals surface area (Å²) in [5.41, 5.74) is 8.14. The van der Waals surface area contributed by atoms with E-state index in [1.165, 1.54) is 0 Å². The van der Waals surface area contributed by atoms with Crippen LogP contribution in [0.3, 0.4) is 0 Å². The van der Waals surface area contributed by atoms with Crippen molar-refractivity contribution in [1.82, 2.24) is 0 Å². The zero-order valence-electron chi connectivity index (χ0n) is 10.3. The number of hydrogen-bond acceptors (Lipinski definition) is 2. The van der Waals surface area contributed by atoms with Gasteiger partial charge in [-0.3, -0.25) is 4.21 Å². The first-order valence-corrected chi connectivity index (χ1v) is 7.73. The van der Waals surface area contributed by atoms with Gasteiger partial charge in [-0.1, -0.05) is 35.3 Å². The lowest BCUT2D eigenvalue weighted by Crippen LogP contribution is -1.99. The average Bonchev–Trinajstić information content (AvgIpc) is 2.35. The minimum absolute atomic E-state index is 0.322. The van der Waals surface area contributed by atoms with Crippen LogP contribution >= 0.6 is 23.2 Å². The van der Waals surface area contributed by atoms with E-state index in [9.17, 15) is 4.21 Å². The molecular formula is C14H13Cl2NOS. The maximum absolute atomic E-state index is 12.3. The van der Waals surface area contributed by atoms with E-state index in [1.54, 1.807) is 18.2 Å². The molecule has 0 aliphatic rings. The van der Waals surface area contributed by atoms with Crippen molar-refractivity contribution in [2.75, 3.05) is 5.73 Å². The lowest BCUT2D eigenvalue weighted by Gasteiger charge is -2.08. The third-order valence-electron chi connectivity index (χ3n) is 2.70. The molecule has 0 aromatic heterocycles. The van der Waals surface area contributed by atoms with E-state index in [0.29, 0.717) is 26.4 Å². The smallest absolute Gasteiger partial charge is 0.0598 e. The van der Waals surface area contributed by atoms with Crippen molar-refractivity contribution in [3.05, 3.63) is 57.6 Å². The fourth-order valence-corrected chi connectivity index (χ4v) is 3.68. The van der Waals surface area contributed by atoms with Crippen molar-refractivity contribution in [3.63, 3.8) is 0 Å². The molecule has 5 heteroatoms. The SMILES string of the molecule is Cc1ccc(CS(=O)c2cc(N)ccc2Cl)c(Cl)c1. The predicted octanol–water partition coefficient (Wildman–Crippen LogP) is 4.19. The number of nitrogen functional groups attached to an aromatic ring is 1. The van der Waals surface area contributed by atoms with Gasteiger partial charge < -0.3 is 5.73 Å². The summed E-state index contributed by atoms with van der Waals surface area (Å²) in [6.07, 6.45) is 0. The quantitative estimate of drug-likeness (QED) is 0.863. The largest absolute Gasteiger partial charge is 0.399 e. The van der Waals surface area contributed by atoms with Crippen molar-refractivity contribution in [3.8, 4) is 0 Å². The summed E-state index contributed by atoms with van der Waals surface area (Å²) in [6.45, 7) is 1.96. The maximum Gasteiger partial charge on any atom is 0.0598 e. The molecule has 0 bridgehead atoms. The molecule has 0 heterocycles. The van der Waals surface area contributed by atoms with Crippen molar-refractivity contribution < 1.29 is 4.21 Å². The van der Waals surface area contributed by atoms with Crippen LogP contribution in [0, 0.1) is 6.92 Å². The molecule has 100 valence electrons. The molecule has 2 rings (SSSR count). The highest BCUT2D eigenvalue weighted by Crippen LogP contribution is 2.26. The summed E-state index contributed by atoms with van der Waals surface area (Å²) in [4.78, 5) is 0.540. The lowest BCUT2D eigenvalue weighted by molar-refractivity contribution is 0.682. The molecule has 2 N–H and O–H groups in total. The fourth-order valence-electron chi connectivity index (χ4n) is 1.68. The second-order valence-corrected chi connectivity index (χ2v) is 6.51. The number of benzene rings is 2. The van der Waals surface area contributed by atoms with E-state index in [-0.39, 0.29) is 0 Å². The Morgan fingerprint density at radius 1 is 1.11 bits per heavy atom. The molecule has 0 saturated heterocycles. The van der Waals surface area contributed by atoms with Gasteiger partial charge in [0.15, 0.2) is 0 Å². The molecule has 2 aromatic carbocycles. The fraction of sp³-hybridized carbons (Fsp3) is 0.143. The first-order valence-electron chi connectivity index (χ1n) is 5.66. The molecule has 2 nitrogen and oxygen atoms in total. The average molecular weight is 314 g/mol. The van der Waals surface area contributed by atoms with E-state index in [1.807, 2.05) is 25.1 Å². The van der Waals surface area contributed by atoms with Crippen LogP contribution in [-0.4, -0.2) is 4.21 Å². The van der Waals surface area contributed by atoms with Crippen LogP contribution in [0.2, 0.25) is 10.0 Å². The molecule has 0 spiro atoms. The summed E-state index contributed by atoms with van der Waals surface area (Å²) < 4.78 is 12.3. The minimum Gasteiger partial charge on any atom is -0.399 e. The standard InChI is InChI=1S/C14H13Cl2NOS/c1-9-2-3-10(13(16)6-9)8-19(18)14-7-11(17)4-5-12(14)15/h2-7H,8,17H2,1H3. The number of anilines is 1. The van der Waals surface area contributed by atoms with Gasteiger partial charge >= 0.3 is 0 Å². The first-order chi connectivity index (χ1) is 8.97. The highest BCUT2D eigenvalue weighted by molar-refractivity contribution is 7.84. The molecule has 0 aliphatic heterocycles. The molecule has 0 aliphatic carbocycles. The van der Waals surface area contributed by atoms with Gasteiger partial charge in [-0.2, -0.15) is 0 Å². The molecule has 2 aromatic rings. The molecule has 0 amide bonds. The van der Waals surface area contributed by atoms with Crippen LogP contribution in [0.5, 0.6) is 0 Å². The summed E-state index contributed by atoms with van der Waals surface area (Å²) in [5, 5.41) is 1.07. The number of hydrogen-bond donors (Lipinski definition) is 1. The first kappa shape index (κ1) is 14.4. The summed E-state index contributed by atoms with van der Waals surface area (Å²) in [5.74, 6) is 0.322. The van der Waals surface area contributed by atoms with Crippen molar-refractivity contribution in [1.29, 1.82) is 0 Å².